The number of hydrogen-bond acceptors (Lipinski definition) is 8. The SMILES string of the molecule is COc1cccc(CN2CCCN(c3nc(CN4CCN(C5CCCCC5)CC4)cc(=O)[nH]3)CC2)c1OC. The summed E-state index contributed by atoms with van der Waals surface area (Å²) < 4.78 is 11.1. The molecule has 9 nitrogen and oxygen atoms in total. The van der Waals surface area contributed by atoms with E-state index in [-0.39, 0.29) is 5.56 Å². The van der Waals surface area contributed by atoms with Crippen molar-refractivity contribution in [3.63, 3.8) is 0 Å². The van der Waals surface area contributed by atoms with Crippen molar-refractivity contribution in [2.45, 2.75) is 57.7 Å². The second-order valence-corrected chi connectivity index (χ2v) is 10.9. The van der Waals surface area contributed by atoms with E-state index in [2.05, 4.69) is 30.6 Å². The van der Waals surface area contributed by atoms with E-state index in [0.717, 1.165) is 101 Å². The summed E-state index contributed by atoms with van der Waals surface area (Å²) in [6.45, 7) is 9.44. The molecule has 0 amide bonds. The van der Waals surface area contributed by atoms with Gasteiger partial charge in [0.05, 0.1) is 19.9 Å². The van der Waals surface area contributed by atoms with Gasteiger partial charge >= 0.3 is 0 Å². The summed E-state index contributed by atoms with van der Waals surface area (Å²) in [5.41, 5.74) is 1.93. The normalized spacial score (nSPS) is 20.8. The molecule has 3 fully saturated rings. The zero-order valence-electron chi connectivity index (χ0n) is 23.2. The van der Waals surface area contributed by atoms with Gasteiger partial charge in [-0.1, -0.05) is 31.4 Å². The fraction of sp³-hybridized carbons (Fsp3) is 0.655. The number of benzene rings is 1. The van der Waals surface area contributed by atoms with Crippen LogP contribution in [0.5, 0.6) is 11.5 Å². The summed E-state index contributed by atoms with van der Waals surface area (Å²) in [6.07, 6.45) is 7.89. The molecule has 2 aliphatic heterocycles. The van der Waals surface area contributed by atoms with Crippen LogP contribution in [0.15, 0.2) is 29.1 Å². The summed E-state index contributed by atoms with van der Waals surface area (Å²) in [6, 6.07) is 8.50. The van der Waals surface area contributed by atoms with E-state index >= 15 is 0 Å². The molecule has 0 radical (unpaired) electrons. The number of H-pyrrole nitrogens is 1. The van der Waals surface area contributed by atoms with Crippen LogP contribution >= 0.6 is 0 Å². The Kier molecular flexibility index (Phi) is 9.19. The van der Waals surface area contributed by atoms with Gasteiger partial charge in [0.1, 0.15) is 0 Å². The van der Waals surface area contributed by atoms with E-state index in [1.165, 1.54) is 32.1 Å². The first-order valence-corrected chi connectivity index (χ1v) is 14.4. The Morgan fingerprint density at radius 3 is 2.39 bits per heavy atom. The van der Waals surface area contributed by atoms with Crippen LogP contribution in [0.3, 0.4) is 0 Å². The average molecular weight is 525 g/mol. The molecule has 0 bridgehead atoms. The van der Waals surface area contributed by atoms with Crippen molar-refractivity contribution in [1.82, 2.24) is 24.7 Å². The number of ether oxygens (including phenoxy) is 2. The predicted octanol–water partition coefficient (Wildman–Crippen LogP) is 2.95. The van der Waals surface area contributed by atoms with Crippen LogP contribution in [0.2, 0.25) is 0 Å². The zero-order valence-corrected chi connectivity index (χ0v) is 23.2. The standard InChI is InChI=1S/C29H44N6O3/c1-37-26-11-6-8-23(28(26)38-2)21-32-12-7-13-35(19-16-32)29-30-24(20-27(36)31-29)22-33-14-17-34(18-15-33)25-9-4-3-5-10-25/h6,8,11,20,25H,3-5,7,9-10,12-19,21-22H2,1-2H3,(H,30,31,36). The number of anilines is 1. The molecule has 3 heterocycles. The number of aromatic amines is 1. The third-order valence-electron chi connectivity index (χ3n) is 8.43. The van der Waals surface area contributed by atoms with Crippen LogP contribution < -0.4 is 19.9 Å². The minimum absolute atomic E-state index is 0.0620. The van der Waals surface area contributed by atoms with E-state index in [4.69, 9.17) is 14.5 Å². The molecular formula is C29H44N6O3. The second kappa shape index (κ2) is 13.0. The highest BCUT2D eigenvalue weighted by Crippen LogP contribution is 2.31. The number of aromatic nitrogens is 2. The van der Waals surface area contributed by atoms with Crippen LogP contribution in [0, 0.1) is 0 Å². The number of hydrogen-bond donors (Lipinski definition) is 1. The third-order valence-corrected chi connectivity index (χ3v) is 8.43. The van der Waals surface area contributed by atoms with Gasteiger partial charge in [-0.15, -0.1) is 0 Å². The minimum atomic E-state index is -0.0620. The van der Waals surface area contributed by atoms with Crippen LogP contribution in [-0.4, -0.2) is 97.3 Å². The summed E-state index contributed by atoms with van der Waals surface area (Å²) in [5.74, 6) is 2.26. The molecule has 0 atom stereocenters. The number of nitrogens with zero attached hydrogens (tertiary/aromatic N) is 5. The lowest BCUT2D eigenvalue weighted by atomic mass is 9.94. The van der Waals surface area contributed by atoms with E-state index in [9.17, 15) is 4.79 Å². The molecule has 1 N–H and O–H groups in total. The Morgan fingerprint density at radius 2 is 1.63 bits per heavy atom. The lowest BCUT2D eigenvalue weighted by Gasteiger charge is -2.40. The fourth-order valence-corrected chi connectivity index (χ4v) is 6.35. The maximum absolute atomic E-state index is 12.6. The first-order chi connectivity index (χ1) is 18.6. The first kappa shape index (κ1) is 27.0. The molecule has 38 heavy (non-hydrogen) atoms. The van der Waals surface area contributed by atoms with Gasteiger partial charge in [0.15, 0.2) is 11.5 Å². The van der Waals surface area contributed by atoms with Crippen molar-refractivity contribution < 1.29 is 9.47 Å². The fourth-order valence-electron chi connectivity index (χ4n) is 6.35. The van der Waals surface area contributed by atoms with E-state index < -0.39 is 0 Å². The largest absolute Gasteiger partial charge is 0.493 e. The Morgan fingerprint density at radius 1 is 0.868 bits per heavy atom. The molecule has 2 saturated heterocycles. The van der Waals surface area contributed by atoms with Crippen LogP contribution in [0.4, 0.5) is 5.95 Å². The number of rotatable bonds is 8. The van der Waals surface area contributed by atoms with Crippen LogP contribution in [-0.2, 0) is 13.1 Å². The summed E-state index contributed by atoms with van der Waals surface area (Å²) in [7, 11) is 3.36. The third kappa shape index (κ3) is 6.68. The number of piperazine rings is 1. The monoisotopic (exact) mass is 524 g/mol. The van der Waals surface area contributed by atoms with Gasteiger partial charge in [-0.2, -0.15) is 0 Å². The highest BCUT2D eigenvalue weighted by atomic mass is 16.5. The van der Waals surface area contributed by atoms with Crippen molar-refractivity contribution in [1.29, 1.82) is 0 Å². The van der Waals surface area contributed by atoms with Crippen LogP contribution in [0.25, 0.3) is 0 Å². The highest BCUT2D eigenvalue weighted by Gasteiger charge is 2.26. The molecule has 9 heteroatoms. The Balaban J connectivity index is 1.17. The van der Waals surface area contributed by atoms with Gasteiger partial charge < -0.3 is 14.4 Å². The van der Waals surface area contributed by atoms with Crippen LogP contribution in [0.1, 0.15) is 49.8 Å². The van der Waals surface area contributed by atoms with Crippen molar-refractivity contribution in [2.75, 3.05) is 71.5 Å². The number of methoxy groups -OCH3 is 2. The Hall–Kier alpha value is -2.62. The van der Waals surface area contributed by atoms with Crippen molar-refractivity contribution in [3.8, 4) is 11.5 Å². The van der Waals surface area contributed by atoms with Gasteiger partial charge in [0, 0.05) is 83.1 Å². The van der Waals surface area contributed by atoms with E-state index in [1.54, 1.807) is 20.3 Å². The molecule has 208 valence electrons. The molecule has 1 aliphatic carbocycles. The van der Waals surface area contributed by atoms with Gasteiger partial charge in [-0.3, -0.25) is 24.5 Å². The van der Waals surface area contributed by atoms with Crippen molar-refractivity contribution in [3.05, 3.63) is 45.9 Å². The Labute approximate surface area is 226 Å². The van der Waals surface area contributed by atoms with E-state index in [0.29, 0.717) is 5.95 Å². The van der Waals surface area contributed by atoms with E-state index in [1.807, 2.05) is 12.1 Å². The highest BCUT2D eigenvalue weighted by molar-refractivity contribution is 5.46. The molecule has 0 spiro atoms. The van der Waals surface area contributed by atoms with Gasteiger partial charge in [-0.05, 0) is 25.3 Å². The summed E-state index contributed by atoms with van der Waals surface area (Å²) >= 11 is 0. The number of para-hydroxylation sites is 1. The average Bonchev–Trinajstić information content (AvgIpc) is 3.19. The van der Waals surface area contributed by atoms with Gasteiger partial charge in [0.2, 0.25) is 5.95 Å². The van der Waals surface area contributed by atoms with Crippen molar-refractivity contribution >= 4 is 5.95 Å². The first-order valence-electron chi connectivity index (χ1n) is 14.4. The lowest BCUT2D eigenvalue weighted by molar-refractivity contribution is 0.0749. The van der Waals surface area contributed by atoms with Gasteiger partial charge in [0.25, 0.3) is 5.56 Å². The zero-order chi connectivity index (χ0) is 26.3. The maximum Gasteiger partial charge on any atom is 0.252 e. The molecule has 5 rings (SSSR count). The molecule has 0 unspecified atom stereocenters. The molecule has 1 saturated carbocycles. The quantitative estimate of drug-likeness (QED) is 0.565. The topological polar surface area (TPSA) is 77.2 Å². The van der Waals surface area contributed by atoms with Crippen molar-refractivity contribution in [2.24, 2.45) is 0 Å². The number of nitrogens with one attached hydrogen (secondary N) is 1. The molecule has 3 aliphatic rings. The smallest absolute Gasteiger partial charge is 0.252 e. The molecule has 2 aromatic rings. The minimum Gasteiger partial charge on any atom is -0.493 e. The summed E-state index contributed by atoms with van der Waals surface area (Å²) in [5, 5.41) is 0. The summed E-state index contributed by atoms with van der Waals surface area (Å²) in [4.78, 5) is 30.3. The predicted molar refractivity (Wildman–Crippen MR) is 150 cm³/mol. The molecule has 1 aromatic carbocycles. The maximum atomic E-state index is 12.6. The second-order valence-electron chi connectivity index (χ2n) is 10.9. The molecule has 1 aromatic heterocycles. The lowest BCUT2D eigenvalue weighted by Crippen LogP contribution is -2.50. The Bertz CT molecular complexity index is 1090. The van der Waals surface area contributed by atoms with Gasteiger partial charge in [-0.25, -0.2) is 4.98 Å². The molecular weight excluding hydrogens is 480 g/mol.